The van der Waals surface area contributed by atoms with Crippen LogP contribution in [-0.2, 0) is 0 Å². The summed E-state index contributed by atoms with van der Waals surface area (Å²) in [5.74, 6) is 0. The fourth-order valence-electron chi connectivity index (χ4n) is 2.22. The maximum absolute atomic E-state index is 6.06. The lowest BCUT2D eigenvalue weighted by atomic mass is 9.96. The second-order valence-corrected chi connectivity index (χ2v) is 5.36. The second kappa shape index (κ2) is 7.10. The molecule has 0 radical (unpaired) electrons. The lowest BCUT2D eigenvalue weighted by Gasteiger charge is -2.09. The fraction of sp³-hybridized carbons (Fsp3) is 0.100. The first-order valence-corrected chi connectivity index (χ1v) is 7.33. The third-order valence-corrected chi connectivity index (χ3v) is 3.98. The van der Waals surface area contributed by atoms with Crippen LogP contribution in [0.2, 0.25) is 0 Å². The standard InChI is InChI=1S/C20H19Cl/c1-4-20(21)15(2)13-14-17-11-8-12-19(16(17)3)18-9-6-5-7-10-18/h4-14H,1H2,2-3H3/b14-13+,20-15-. The maximum Gasteiger partial charge on any atom is 0.0429 e. The molecule has 0 bridgehead atoms. The van der Waals surface area contributed by atoms with E-state index in [1.54, 1.807) is 6.08 Å². The van der Waals surface area contributed by atoms with Crippen LogP contribution in [0.15, 0.2) is 77.9 Å². The van der Waals surface area contributed by atoms with E-state index in [0.29, 0.717) is 5.03 Å². The van der Waals surface area contributed by atoms with Crippen LogP contribution in [0.25, 0.3) is 17.2 Å². The van der Waals surface area contributed by atoms with Crippen molar-refractivity contribution in [2.75, 3.05) is 0 Å². The quantitative estimate of drug-likeness (QED) is 0.574. The molecular weight excluding hydrogens is 276 g/mol. The summed E-state index contributed by atoms with van der Waals surface area (Å²) in [5.41, 5.74) is 5.97. The molecule has 0 atom stereocenters. The van der Waals surface area contributed by atoms with Crippen molar-refractivity contribution >= 4 is 17.7 Å². The average molecular weight is 295 g/mol. The van der Waals surface area contributed by atoms with Crippen molar-refractivity contribution in [3.8, 4) is 11.1 Å². The van der Waals surface area contributed by atoms with Crippen LogP contribution in [0.4, 0.5) is 0 Å². The molecule has 1 heteroatoms. The molecule has 21 heavy (non-hydrogen) atoms. The molecule has 0 aliphatic rings. The van der Waals surface area contributed by atoms with Crippen molar-refractivity contribution in [2.24, 2.45) is 0 Å². The Hall–Kier alpha value is -2.05. The predicted molar refractivity (Wildman–Crippen MR) is 94.4 cm³/mol. The summed E-state index contributed by atoms with van der Waals surface area (Å²) in [6.45, 7) is 7.82. The zero-order chi connectivity index (χ0) is 15.2. The molecule has 0 unspecified atom stereocenters. The lowest BCUT2D eigenvalue weighted by molar-refractivity contribution is 1.43. The molecule has 0 aromatic heterocycles. The van der Waals surface area contributed by atoms with Gasteiger partial charge in [0.15, 0.2) is 0 Å². The topological polar surface area (TPSA) is 0 Å². The van der Waals surface area contributed by atoms with E-state index in [1.807, 2.05) is 19.1 Å². The summed E-state index contributed by atoms with van der Waals surface area (Å²) in [5, 5.41) is 0.683. The van der Waals surface area contributed by atoms with E-state index in [1.165, 1.54) is 22.3 Å². The minimum Gasteiger partial charge on any atom is -0.0976 e. The molecular formula is C20H19Cl. The summed E-state index contributed by atoms with van der Waals surface area (Å²) in [7, 11) is 0. The highest BCUT2D eigenvalue weighted by Crippen LogP contribution is 2.26. The molecule has 0 aliphatic carbocycles. The summed E-state index contributed by atoms with van der Waals surface area (Å²) in [6, 6.07) is 16.8. The smallest absolute Gasteiger partial charge is 0.0429 e. The molecule has 0 spiro atoms. The lowest BCUT2D eigenvalue weighted by Crippen LogP contribution is -1.87. The molecule has 0 fully saturated rings. The third-order valence-electron chi connectivity index (χ3n) is 3.53. The fourth-order valence-corrected chi connectivity index (χ4v) is 2.28. The van der Waals surface area contributed by atoms with Crippen molar-refractivity contribution in [3.63, 3.8) is 0 Å². The summed E-state index contributed by atoms with van der Waals surface area (Å²) in [6.07, 6.45) is 5.79. The van der Waals surface area contributed by atoms with E-state index >= 15 is 0 Å². The van der Waals surface area contributed by atoms with Gasteiger partial charge in [0.2, 0.25) is 0 Å². The van der Waals surface area contributed by atoms with Gasteiger partial charge < -0.3 is 0 Å². The van der Waals surface area contributed by atoms with Crippen LogP contribution in [0.5, 0.6) is 0 Å². The zero-order valence-corrected chi connectivity index (χ0v) is 13.2. The van der Waals surface area contributed by atoms with E-state index in [9.17, 15) is 0 Å². The maximum atomic E-state index is 6.06. The first kappa shape index (κ1) is 15.3. The highest BCUT2D eigenvalue weighted by Gasteiger charge is 2.03. The Labute approximate surface area is 132 Å². The van der Waals surface area contributed by atoms with Crippen LogP contribution in [0.1, 0.15) is 18.1 Å². The molecule has 0 N–H and O–H groups in total. The third kappa shape index (κ3) is 3.74. The number of halogens is 1. The van der Waals surface area contributed by atoms with Gasteiger partial charge in [0.1, 0.15) is 0 Å². The minimum atomic E-state index is 0.683. The molecule has 0 aliphatic heterocycles. The Morgan fingerprint density at radius 3 is 2.43 bits per heavy atom. The van der Waals surface area contributed by atoms with Crippen LogP contribution in [0.3, 0.4) is 0 Å². The van der Waals surface area contributed by atoms with E-state index < -0.39 is 0 Å². The van der Waals surface area contributed by atoms with Gasteiger partial charge in [-0.2, -0.15) is 0 Å². The first-order valence-electron chi connectivity index (χ1n) is 6.95. The van der Waals surface area contributed by atoms with Crippen LogP contribution >= 0.6 is 11.6 Å². The second-order valence-electron chi connectivity index (χ2n) is 4.95. The predicted octanol–water partition coefficient (Wildman–Crippen LogP) is 6.37. The van der Waals surface area contributed by atoms with E-state index in [4.69, 9.17) is 11.6 Å². The Morgan fingerprint density at radius 2 is 1.76 bits per heavy atom. The number of benzene rings is 2. The van der Waals surface area contributed by atoms with Gasteiger partial charge in [-0.3, -0.25) is 0 Å². The normalized spacial score (nSPS) is 12.3. The molecule has 0 saturated heterocycles. The highest BCUT2D eigenvalue weighted by molar-refractivity contribution is 6.31. The van der Waals surface area contributed by atoms with Gasteiger partial charge in [0, 0.05) is 5.03 Å². The largest absolute Gasteiger partial charge is 0.0976 e. The number of hydrogen-bond acceptors (Lipinski definition) is 0. The SMILES string of the molecule is C=C/C(Cl)=C(C)/C=C/c1cccc(-c2ccccc2)c1C. The number of hydrogen-bond donors (Lipinski definition) is 0. The first-order chi connectivity index (χ1) is 10.1. The van der Waals surface area contributed by atoms with Crippen molar-refractivity contribution < 1.29 is 0 Å². The summed E-state index contributed by atoms with van der Waals surface area (Å²) >= 11 is 6.06. The van der Waals surface area contributed by atoms with Crippen molar-refractivity contribution in [3.05, 3.63) is 89.0 Å². The van der Waals surface area contributed by atoms with Gasteiger partial charge >= 0.3 is 0 Å². The van der Waals surface area contributed by atoms with Gasteiger partial charge in [0.25, 0.3) is 0 Å². The van der Waals surface area contributed by atoms with Crippen LogP contribution in [0, 0.1) is 6.92 Å². The van der Waals surface area contributed by atoms with Gasteiger partial charge in [-0.1, -0.05) is 84.9 Å². The molecule has 0 amide bonds. The number of allylic oxidation sites excluding steroid dienone is 4. The van der Waals surface area contributed by atoms with E-state index in [-0.39, 0.29) is 0 Å². The molecule has 2 aromatic carbocycles. The van der Waals surface area contributed by atoms with Crippen molar-refractivity contribution in [1.29, 1.82) is 0 Å². The summed E-state index contributed by atoms with van der Waals surface area (Å²) < 4.78 is 0. The van der Waals surface area contributed by atoms with Crippen molar-refractivity contribution in [2.45, 2.75) is 13.8 Å². The van der Waals surface area contributed by atoms with Crippen molar-refractivity contribution in [1.82, 2.24) is 0 Å². The Kier molecular flexibility index (Phi) is 5.19. The monoisotopic (exact) mass is 294 g/mol. The summed E-state index contributed by atoms with van der Waals surface area (Å²) in [4.78, 5) is 0. The molecule has 0 heterocycles. The highest BCUT2D eigenvalue weighted by atomic mass is 35.5. The number of rotatable bonds is 4. The van der Waals surface area contributed by atoms with Crippen LogP contribution in [-0.4, -0.2) is 0 Å². The minimum absolute atomic E-state index is 0.683. The van der Waals surface area contributed by atoms with Gasteiger partial charge in [0.05, 0.1) is 0 Å². The van der Waals surface area contributed by atoms with Gasteiger partial charge in [-0.05, 0) is 41.7 Å². The Bertz CT molecular complexity index is 691. The molecule has 2 rings (SSSR count). The molecule has 2 aromatic rings. The van der Waals surface area contributed by atoms with E-state index in [2.05, 4.69) is 62.0 Å². The average Bonchev–Trinajstić information content (AvgIpc) is 2.53. The zero-order valence-electron chi connectivity index (χ0n) is 12.4. The Morgan fingerprint density at radius 1 is 1.05 bits per heavy atom. The van der Waals surface area contributed by atoms with Gasteiger partial charge in [-0.15, -0.1) is 0 Å². The molecule has 106 valence electrons. The Balaban J connectivity index is 2.40. The molecule has 0 saturated carbocycles. The molecule has 0 nitrogen and oxygen atoms in total. The van der Waals surface area contributed by atoms with Gasteiger partial charge in [-0.25, -0.2) is 0 Å². The van der Waals surface area contributed by atoms with E-state index in [0.717, 1.165) is 5.57 Å². The van der Waals surface area contributed by atoms with Crippen LogP contribution < -0.4 is 0 Å².